The van der Waals surface area contributed by atoms with Crippen molar-refractivity contribution in [2.75, 3.05) is 5.32 Å². The van der Waals surface area contributed by atoms with Crippen LogP contribution in [0, 0.1) is 0 Å². The zero-order valence-electron chi connectivity index (χ0n) is 13.7. The van der Waals surface area contributed by atoms with E-state index in [1.54, 1.807) is 0 Å². The lowest BCUT2D eigenvalue weighted by molar-refractivity contribution is 0.529. The summed E-state index contributed by atoms with van der Waals surface area (Å²) in [5.74, 6) is 1.99. The smallest absolute Gasteiger partial charge is 0.212 e. The molecule has 1 atom stereocenters. The summed E-state index contributed by atoms with van der Waals surface area (Å²) in [5.41, 5.74) is 9.90. The number of benzene rings is 2. The summed E-state index contributed by atoms with van der Waals surface area (Å²) in [6.45, 7) is 2.09. The Labute approximate surface area is 144 Å². The first-order valence-electron chi connectivity index (χ1n) is 8.34. The topological polar surface area (TPSA) is 81.4 Å². The Morgan fingerprint density at radius 1 is 1.16 bits per heavy atom. The lowest BCUT2D eigenvalue weighted by Crippen LogP contribution is -2.31. The number of hydrogen-bond donors (Lipinski definition) is 2. The SMILES string of the molecule is CCc1oc2ccccc2c1[C@@H]1N=C(N)Nc2nc3ccccc3n21. The largest absolute Gasteiger partial charge is 0.461 e. The van der Waals surface area contributed by atoms with E-state index in [1.807, 2.05) is 42.5 Å². The van der Waals surface area contributed by atoms with E-state index in [0.29, 0.717) is 11.9 Å². The number of aryl methyl sites for hydroxylation is 1. The van der Waals surface area contributed by atoms with Crippen molar-refractivity contribution in [3.05, 3.63) is 59.9 Å². The van der Waals surface area contributed by atoms with Crippen molar-refractivity contribution in [3.63, 3.8) is 0 Å². The molecule has 0 unspecified atom stereocenters. The van der Waals surface area contributed by atoms with Gasteiger partial charge in [-0.2, -0.15) is 0 Å². The summed E-state index contributed by atoms with van der Waals surface area (Å²) in [4.78, 5) is 9.35. The number of hydrogen-bond acceptors (Lipinski definition) is 5. The predicted molar refractivity (Wildman–Crippen MR) is 98.7 cm³/mol. The van der Waals surface area contributed by atoms with Gasteiger partial charge in [0.05, 0.1) is 11.0 Å². The zero-order valence-corrected chi connectivity index (χ0v) is 13.7. The number of nitrogens with one attached hydrogen (secondary N) is 1. The molecule has 6 nitrogen and oxygen atoms in total. The highest BCUT2D eigenvalue weighted by atomic mass is 16.3. The van der Waals surface area contributed by atoms with Gasteiger partial charge in [-0.05, 0) is 18.2 Å². The maximum Gasteiger partial charge on any atom is 0.212 e. The second-order valence-corrected chi connectivity index (χ2v) is 6.10. The number of aromatic nitrogens is 2. The van der Waals surface area contributed by atoms with E-state index in [1.165, 1.54) is 0 Å². The van der Waals surface area contributed by atoms with Crippen LogP contribution in [-0.2, 0) is 6.42 Å². The van der Waals surface area contributed by atoms with Gasteiger partial charge in [-0.15, -0.1) is 0 Å². The van der Waals surface area contributed by atoms with Gasteiger partial charge in [0.1, 0.15) is 11.3 Å². The Balaban J connectivity index is 1.85. The van der Waals surface area contributed by atoms with Gasteiger partial charge in [0.25, 0.3) is 0 Å². The third-order valence-corrected chi connectivity index (χ3v) is 4.63. The molecule has 25 heavy (non-hydrogen) atoms. The quantitative estimate of drug-likeness (QED) is 0.588. The van der Waals surface area contributed by atoms with Crippen molar-refractivity contribution < 1.29 is 4.42 Å². The van der Waals surface area contributed by atoms with Crippen LogP contribution in [0.3, 0.4) is 0 Å². The second-order valence-electron chi connectivity index (χ2n) is 6.10. The molecular formula is C19H17N5O. The fraction of sp³-hybridized carbons (Fsp3) is 0.158. The molecule has 124 valence electrons. The van der Waals surface area contributed by atoms with Crippen LogP contribution in [0.4, 0.5) is 5.95 Å². The average molecular weight is 331 g/mol. The number of rotatable bonds is 2. The van der Waals surface area contributed by atoms with Crippen molar-refractivity contribution in [3.8, 4) is 0 Å². The van der Waals surface area contributed by atoms with Crippen LogP contribution in [-0.4, -0.2) is 15.5 Å². The fourth-order valence-corrected chi connectivity index (χ4v) is 3.57. The Morgan fingerprint density at radius 3 is 2.84 bits per heavy atom. The van der Waals surface area contributed by atoms with Crippen molar-refractivity contribution in [1.82, 2.24) is 9.55 Å². The highest BCUT2D eigenvalue weighted by Gasteiger charge is 2.29. The third-order valence-electron chi connectivity index (χ3n) is 4.63. The lowest BCUT2D eigenvalue weighted by atomic mass is 10.1. The standard InChI is InChI=1S/C19H17N5O/c1-2-14-16(11-7-3-6-10-15(11)25-14)17-22-18(20)23-19-21-12-8-4-5-9-13(12)24(17)19/h3-10,17H,2H2,1H3,(H3,20,21,22,23)/t17-/m1/s1. The number of nitrogens with zero attached hydrogens (tertiary/aromatic N) is 3. The van der Waals surface area contributed by atoms with Crippen molar-refractivity contribution >= 4 is 33.9 Å². The highest BCUT2D eigenvalue weighted by molar-refractivity contribution is 5.95. The van der Waals surface area contributed by atoms with Gasteiger partial charge in [-0.25, -0.2) is 9.98 Å². The van der Waals surface area contributed by atoms with Gasteiger partial charge in [-0.1, -0.05) is 37.3 Å². The molecular weight excluding hydrogens is 314 g/mol. The molecule has 0 spiro atoms. The number of aliphatic imine (C=N–C) groups is 1. The van der Waals surface area contributed by atoms with Gasteiger partial charge >= 0.3 is 0 Å². The summed E-state index contributed by atoms with van der Waals surface area (Å²) < 4.78 is 8.16. The number of nitrogens with two attached hydrogens (primary N) is 1. The van der Waals surface area contributed by atoms with Gasteiger partial charge in [0, 0.05) is 17.4 Å². The number of guanidine groups is 1. The van der Waals surface area contributed by atoms with Gasteiger partial charge in [0.15, 0.2) is 12.1 Å². The lowest BCUT2D eigenvalue weighted by Gasteiger charge is -2.23. The zero-order chi connectivity index (χ0) is 17.0. The van der Waals surface area contributed by atoms with E-state index < -0.39 is 0 Å². The van der Waals surface area contributed by atoms with Gasteiger partial charge in [0.2, 0.25) is 5.95 Å². The molecule has 3 heterocycles. The maximum absolute atomic E-state index is 6.08. The van der Waals surface area contributed by atoms with E-state index in [9.17, 15) is 0 Å². The minimum atomic E-state index is -0.303. The maximum atomic E-state index is 6.08. The molecule has 4 aromatic rings. The summed E-state index contributed by atoms with van der Waals surface area (Å²) >= 11 is 0. The van der Waals surface area contributed by atoms with E-state index in [4.69, 9.17) is 15.1 Å². The molecule has 1 aliphatic rings. The molecule has 0 saturated carbocycles. The molecule has 6 heteroatoms. The first-order valence-corrected chi connectivity index (χ1v) is 8.34. The molecule has 0 fully saturated rings. The fourth-order valence-electron chi connectivity index (χ4n) is 3.57. The minimum Gasteiger partial charge on any atom is -0.461 e. The molecule has 2 aromatic heterocycles. The first kappa shape index (κ1) is 14.1. The minimum absolute atomic E-state index is 0.303. The van der Waals surface area contributed by atoms with E-state index >= 15 is 0 Å². The molecule has 0 saturated heterocycles. The number of fused-ring (bicyclic) bond motifs is 4. The van der Waals surface area contributed by atoms with Crippen LogP contribution in [0.5, 0.6) is 0 Å². The number of para-hydroxylation sites is 3. The molecule has 0 radical (unpaired) electrons. The van der Waals surface area contributed by atoms with Crippen molar-refractivity contribution in [2.24, 2.45) is 10.7 Å². The van der Waals surface area contributed by atoms with E-state index in [0.717, 1.165) is 39.7 Å². The van der Waals surface area contributed by atoms with Crippen LogP contribution in [0.25, 0.3) is 22.0 Å². The third kappa shape index (κ3) is 1.97. The Hall–Kier alpha value is -3.28. The molecule has 1 aliphatic heterocycles. The molecule has 0 aliphatic carbocycles. The Kier molecular flexibility index (Phi) is 2.88. The number of furan rings is 1. The predicted octanol–water partition coefficient (Wildman–Crippen LogP) is 3.63. The van der Waals surface area contributed by atoms with Crippen LogP contribution in [0.15, 0.2) is 57.9 Å². The summed E-state index contributed by atoms with van der Waals surface area (Å²) in [6, 6.07) is 16.1. The van der Waals surface area contributed by atoms with Crippen LogP contribution in [0.1, 0.15) is 24.4 Å². The molecule has 0 amide bonds. The Bertz CT molecular complexity index is 1140. The van der Waals surface area contributed by atoms with Crippen LogP contribution < -0.4 is 11.1 Å². The van der Waals surface area contributed by atoms with Crippen molar-refractivity contribution in [1.29, 1.82) is 0 Å². The van der Waals surface area contributed by atoms with Gasteiger partial charge in [-0.3, -0.25) is 9.88 Å². The van der Waals surface area contributed by atoms with E-state index in [2.05, 4.69) is 27.9 Å². The summed E-state index contributed by atoms with van der Waals surface area (Å²) in [7, 11) is 0. The van der Waals surface area contributed by atoms with Crippen LogP contribution in [0.2, 0.25) is 0 Å². The average Bonchev–Trinajstić information content (AvgIpc) is 3.18. The molecule has 3 N–H and O–H groups in total. The van der Waals surface area contributed by atoms with Gasteiger partial charge < -0.3 is 10.2 Å². The summed E-state index contributed by atoms with van der Waals surface area (Å²) in [6.07, 6.45) is 0.480. The first-order chi connectivity index (χ1) is 12.3. The van der Waals surface area contributed by atoms with Crippen LogP contribution >= 0.6 is 0 Å². The second kappa shape index (κ2) is 5.11. The summed E-state index contributed by atoms with van der Waals surface area (Å²) in [5, 5.41) is 4.14. The monoisotopic (exact) mass is 331 g/mol. The number of imidazole rings is 1. The van der Waals surface area contributed by atoms with Crippen molar-refractivity contribution in [2.45, 2.75) is 19.5 Å². The normalized spacial score (nSPS) is 16.7. The molecule has 2 aromatic carbocycles. The van der Waals surface area contributed by atoms with E-state index in [-0.39, 0.29) is 6.17 Å². The Morgan fingerprint density at radius 2 is 1.96 bits per heavy atom. The molecule has 0 bridgehead atoms. The molecule has 5 rings (SSSR count). The number of anilines is 1. The highest BCUT2D eigenvalue weighted by Crippen LogP contribution is 2.38.